The topological polar surface area (TPSA) is 63.2 Å². The molecule has 0 aliphatic heterocycles. The van der Waals surface area contributed by atoms with E-state index in [0.29, 0.717) is 29.7 Å². The van der Waals surface area contributed by atoms with Crippen molar-refractivity contribution in [1.82, 2.24) is 5.32 Å². The maximum absolute atomic E-state index is 12.3. The molecule has 123 valence electrons. The molecular formula is C20H20NO3. The highest BCUT2D eigenvalue weighted by molar-refractivity contribution is 6.09. The van der Waals surface area contributed by atoms with E-state index in [1.165, 1.54) is 0 Å². The van der Waals surface area contributed by atoms with Gasteiger partial charge in [0.15, 0.2) is 12.1 Å². The number of rotatable bonds is 9. The van der Waals surface area contributed by atoms with Crippen LogP contribution in [-0.2, 0) is 4.79 Å². The monoisotopic (exact) mass is 322 g/mol. The molecule has 2 rings (SSSR count). The first-order valence-corrected chi connectivity index (χ1v) is 8.05. The Labute approximate surface area is 141 Å². The zero-order valence-corrected chi connectivity index (χ0v) is 13.5. The Morgan fingerprint density at radius 2 is 1.42 bits per heavy atom. The van der Waals surface area contributed by atoms with Crippen LogP contribution in [0.3, 0.4) is 0 Å². The molecule has 1 amide bonds. The van der Waals surface area contributed by atoms with E-state index in [4.69, 9.17) is 0 Å². The number of ketones is 1. The van der Waals surface area contributed by atoms with Gasteiger partial charge in [-0.2, -0.15) is 0 Å². The summed E-state index contributed by atoms with van der Waals surface area (Å²) >= 11 is 0. The zero-order chi connectivity index (χ0) is 17.2. The van der Waals surface area contributed by atoms with Gasteiger partial charge in [0.1, 0.15) is 0 Å². The van der Waals surface area contributed by atoms with Crippen LogP contribution in [0.2, 0.25) is 0 Å². The lowest BCUT2D eigenvalue weighted by atomic mass is 10.0. The number of hydrogen-bond acceptors (Lipinski definition) is 3. The summed E-state index contributed by atoms with van der Waals surface area (Å²) in [6.07, 6.45) is 4.83. The quantitative estimate of drug-likeness (QED) is 0.569. The van der Waals surface area contributed by atoms with Crippen LogP contribution in [0.1, 0.15) is 52.0 Å². The third-order valence-electron chi connectivity index (χ3n) is 3.69. The predicted octanol–water partition coefficient (Wildman–Crippen LogP) is 3.32. The van der Waals surface area contributed by atoms with Crippen molar-refractivity contribution in [2.75, 3.05) is 6.54 Å². The van der Waals surface area contributed by atoms with E-state index >= 15 is 0 Å². The van der Waals surface area contributed by atoms with Gasteiger partial charge in [-0.25, -0.2) is 0 Å². The molecule has 0 aromatic heterocycles. The molecule has 0 aliphatic rings. The number of benzene rings is 2. The van der Waals surface area contributed by atoms with Gasteiger partial charge in [0.2, 0.25) is 0 Å². The maximum atomic E-state index is 12.3. The summed E-state index contributed by atoms with van der Waals surface area (Å²) in [6.45, 7) is 0.572. The molecule has 0 atom stereocenters. The number of hydrogen-bond donors (Lipinski definition) is 1. The van der Waals surface area contributed by atoms with Crippen LogP contribution < -0.4 is 5.32 Å². The van der Waals surface area contributed by atoms with E-state index in [2.05, 4.69) is 5.32 Å². The lowest BCUT2D eigenvalue weighted by molar-refractivity contribution is 0.0951. The lowest BCUT2D eigenvalue weighted by Crippen LogP contribution is -2.24. The van der Waals surface area contributed by atoms with E-state index in [1.54, 1.807) is 36.4 Å². The number of carbonyl (C=O) groups is 2. The number of amides is 1. The third-order valence-corrected chi connectivity index (χ3v) is 3.69. The Kier molecular flexibility index (Phi) is 6.90. The van der Waals surface area contributed by atoms with Crippen LogP contribution >= 0.6 is 0 Å². The molecule has 0 bridgehead atoms. The highest BCUT2D eigenvalue weighted by atomic mass is 16.1. The van der Waals surface area contributed by atoms with E-state index in [9.17, 15) is 14.4 Å². The highest BCUT2D eigenvalue weighted by Gasteiger charge is 2.10. The Balaban J connectivity index is 1.86. The number of nitrogens with one attached hydrogen (secondary N) is 1. The molecule has 2 aromatic carbocycles. The van der Waals surface area contributed by atoms with Crippen LogP contribution in [0.4, 0.5) is 0 Å². The van der Waals surface area contributed by atoms with Crippen LogP contribution in [0, 0.1) is 0 Å². The first-order chi connectivity index (χ1) is 11.7. The minimum absolute atomic E-state index is 0.0606. The van der Waals surface area contributed by atoms with Crippen molar-refractivity contribution in [2.24, 2.45) is 0 Å². The largest absolute Gasteiger partial charge is 0.352 e. The molecule has 1 radical (unpaired) electrons. The highest BCUT2D eigenvalue weighted by Crippen LogP contribution is 2.11. The van der Waals surface area contributed by atoms with Crippen molar-refractivity contribution in [3.05, 3.63) is 71.3 Å². The standard InChI is InChI=1S/C20H20NO3/c22-15-7-2-1-6-14-21-20(24)18-12-10-17(11-13-18)19(23)16-8-4-3-5-9-16/h3-5,8-13H,1-2,6-7,14H2,(H,21,24). The molecule has 0 saturated carbocycles. The molecule has 0 fully saturated rings. The molecule has 0 unspecified atom stereocenters. The van der Waals surface area contributed by atoms with E-state index < -0.39 is 0 Å². The van der Waals surface area contributed by atoms with E-state index in [0.717, 1.165) is 19.3 Å². The molecule has 4 heteroatoms. The maximum Gasteiger partial charge on any atom is 0.251 e. The molecule has 0 spiro atoms. The summed E-state index contributed by atoms with van der Waals surface area (Å²) in [5, 5.41) is 2.83. The van der Waals surface area contributed by atoms with Gasteiger partial charge in [-0.05, 0) is 25.0 Å². The Morgan fingerprint density at radius 3 is 2.08 bits per heavy atom. The summed E-state index contributed by atoms with van der Waals surface area (Å²) in [5.41, 5.74) is 1.71. The Morgan fingerprint density at radius 1 is 0.792 bits per heavy atom. The fraction of sp³-hybridized carbons (Fsp3) is 0.250. The fourth-order valence-corrected chi connectivity index (χ4v) is 2.33. The second kappa shape index (κ2) is 9.40. The molecule has 24 heavy (non-hydrogen) atoms. The SMILES string of the molecule is O=[C]CCCCCNC(=O)c1ccc(C(=O)c2ccccc2)cc1. The molecule has 0 saturated heterocycles. The second-order valence-corrected chi connectivity index (χ2v) is 5.48. The van der Waals surface area contributed by atoms with Crippen molar-refractivity contribution < 1.29 is 14.4 Å². The molecule has 1 N–H and O–H groups in total. The number of carbonyl (C=O) groups excluding carboxylic acids is 3. The first-order valence-electron chi connectivity index (χ1n) is 8.05. The van der Waals surface area contributed by atoms with Crippen LogP contribution in [0.25, 0.3) is 0 Å². The molecule has 0 aliphatic carbocycles. The molecular weight excluding hydrogens is 302 g/mol. The van der Waals surface area contributed by atoms with Gasteiger partial charge in [-0.1, -0.05) is 48.9 Å². The van der Waals surface area contributed by atoms with Gasteiger partial charge in [-0.15, -0.1) is 0 Å². The van der Waals surface area contributed by atoms with Gasteiger partial charge in [-0.3, -0.25) is 14.4 Å². The van der Waals surface area contributed by atoms with Crippen molar-refractivity contribution in [3.8, 4) is 0 Å². The minimum Gasteiger partial charge on any atom is -0.352 e. The van der Waals surface area contributed by atoms with Gasteiger partial charge in [0.05, 0.1) is 0 Å². The van der Waals surface area contributed by atoms with Crippen LogP contribution in [0.15, 0.2) is 54.6 Å². The lowest BCUT2D eigenvalue weighted by Gasteiger charge is -2.06. The smallest absolute Gasteiger partial charge is 0.251 e. The third kappa shape index (κ3) is 5.16. The van der Waals surface area contributed by atoms with Crippen LogP contribution in [-0.4, -0.2) is 24.5 Å². The molecule has 2 aromatic rings. The van der Waals surface area contributed by atoms with Crippen molar-refractivity contribution in [2.45, 2.75) is 25.7 Å². The first kappa shape index (κ1) is 17.6. The Hall–Kier alpha value is -2.75. The second-order valence-electron chi connectivity index (χ2n) is 5.48. The van der Waals surface area contributed by atoms with Crippen LogP contribution in [0.5, 0.6) is 0 Å². The van der Waals surface area contributed by atoms with Crippen molar-refractivity contribution in [3.63, 3.8) is 0 Å². The van der Waals surface area contributed by atoms with Gasteiger partial charge in [0.25, 0.3) is 5.91 Å². The average molecular weight is 322 g/mol. The summed E-state index contributed by atoms with van der Waals surface area (Å²) in [6, 6.07) is 15.7. The van der Waals surface area contributed by atoms with E-state index in [1.807, 2.05) is 24.5 Å². The predicted molar refractivity (Wildman–Crippen MR) is 92.8 cm³/mol. The van der Waals surface area contributed by atoms with Gasteiger partial charge in [0, 0.05) is 29.7 Å². The Bertz CT molecular complexity index is 678. The normalized spacial score (nSPS) is 10.2. The van der Waals surface area contributed by atoms with Crippen molar-refractivity contribution >= 4 is 18.0 Å². The average Bonchev–Trinajstić information content (AvgIpc) is 2.64. The van der Waals surface area contributed by atoms with E-state index in [-0.39, 0.29) is 11.7 Å². The zero-order valence-electron chi connectivity index (χ0n) is 13.5. The van der Waals surface area contributed by atoms with Gasteiger partial charge < -0.3 is 5.32 Å². The van der Waals surface area contributed by atoms with Gasteiger partial charge >= 0.3 is 0 Å². The minimum atomic E-state index is -0.157. The summed E-state index contributed by atoms with van der Waals surface area (Å²) in [7, 11) is 0. The van der Waals surface area contributed by atoms with Crippen molar-refractivity contribution in [1.29, 1.82) is 0 Å². The summed E-state index contributed by atoms with van der Waals surface area (Å²) in [4.78, 5) is 34.4. The fourth-order valence-electron chi connectivity index (χ4n) is 2.33. The number of unbranched alkanes of at least 4 members (excludes halogenated alkanes) is 3. The molecule has 4 nitrogen and oxygen atoms in total. The summed E-state index contributed by atoms with van der Waals surface area (Å²) < 4.78 is 0. The molecule has 0 heterocycles. The summed E-state index contributed by atoms with van der Waals surface area (Å²) in [5.74, 6) is -0.217.